The molecule has 2 heterocycles. The summed E-state index contributed by atoms with van der Waals surface area (Å²) in [6.45, 7) is 5.19. The van der Waals surface area contributed by atoms with Crippen molar-refractivity contribution in [1.82, 2.24) is 0 Å². The Kier molecular flexibility index (Phi) is 5.50. The fourth-order valence-corrected chi connectivity index (χ4v) is 6.60. The molecule has 2 saturated carbocycles. The van der Waals surface area contributed by atoms with Gasteiger partial charge in [-0.25, -0.2) is 0 Å². The van der Waals surface area contributed by atoms with Gasteiger partial charge >= 0.3 is 5.97 Å². The van der Waals surface area contributed by atoms with E-state index in [4.69, 9.17) is 14.2 Å². The number of aliphatic hydroxyl groups excluding tert-OH is 4. The Morgan fingerprint density at radius 3 is 2.50 bits per heavy atom. The molecule has 1 spiro atoms. The lowest BCUT2D eigenvalue weighted by Crippen LogP contribution is -2.70. The summed E-state index contributed by atoms with van der Waals surface area (Å²) < 4.78 is 16.9. The van der Waals surface area contributed by atoms with E-state index in [0.29, 0.717) is 18.8 Å². The van der Waals surface area contributed by atoms with Gasteiger partial charge in [0.1, 0.15) is 36.1 Å². The molecule has 9 nitrogen and oxygen atoms in total. The van der Waals surface area contributed by atoms with E-state index in [1.54, 1.807) is 6.92 Å². The van der Waals surface area contributed by atoms with Crippen molar-refractivity contribution in [2.24, 2.45) is 22.7 Å². The zero-order chi connectivity index (χ0) is 22.1. The van der Waals surface area contributed by atoms with E-state index in [1.807, 2.05) is 6.92 Å². The highest BCUT2D eigenvalue weighted by atomic mass is 16.7. The normalized spacial score (nSPS) is 55.8. The lowest BCUT2D eigenvalue weighted by molar-refractivity contribution is -0.325. The van der Waals surface area contributed by atoms with Gasteiger partial charge in [-0.1, -0.05) is 13.8 Å². The van der Waals surface area contributed by atoms with Crippen LogP contribution in [0.3, 0.4) is 0 Å². The maximum absolute atomic E-state index is 12.3. The van der Waals surface area contributed by atoms with E-state index in [1.165, 1.54) is 0 Å². The molecule has 2 aliphatic heterocycles. The van der Waals surface area contributed by atoms with E-state index in [0.717, 1.165) is 12.8 Å². The largest absolute Gasteiger partial charge is 0.459 e. The average Bonchev–Trinajstić information content (AvgIpc) is 3.00. The fraction of sp³-hybridized carbons (Fsp3) is 0.952. The summed E-state index contributed by atoms with van der Waals surface area (Å²) in [4.78, 5) is 12.3. The Morgan fingerprint density at radius 1 is 1.13 bits per heavy atom. The number of rotatable bonds is 4. The highest BCUT2D eigenvalue weighted by Crippen LogP contribution is 2.68. The minimum absolute atomic E-state index is 0.00369. The van der Waals surface area contributed by atoms with Crippen LogP contribution in [0, 0.1) is 22.7 Å². The van der Waals surface area contributed by atoms with Crippen LogP contribution in [0.4, 0.5) is 0 Å². The molecule has 11 atom stereocenters. The predicted molar refractivity (Wildman–Crippen MR) is 102 cm³/mol. The van der Waals surface area contributed by atoms with Gasteiger partial charge in [0.2, 0.25) is 0 Å². The molecule has 4 rings (SSSR count). The Labute approximate surface area is 175 Å². The van der Waals surface area contributed by atoms with Crippen LogP contribution in [-0.2, 0) is 19.0 Å². The van der Waals surface area contributed by atoms with Crippen LogP contribution in [0.2, 0.25) is 0 Å². The number of aliphatic hydroxyl groups is 5. The van der Waals surface area contributed by atoms with Crippen molar-refractivity contribution in [3.8, 4) is 0 Å². The molecule has 4 aliphatic rings. The Balaban J connectivity index is 1.60. The SMILES string of the molecule is CC1CCC2C13CC(=O)OC(C3)C(C)(O)C2(C)COC1OC(CO)C(O)C(O)C1O. The molecule has 172 valence electrons. The number of esters is 1. The number of hydrogen-bond donors (Lipinski definition) is 5. The van der Waals surface area contributed by atoms with Gasteiger partial charge in [-0.15, -0.1) is 0 Å². The molecule has 2 aliphatic carbocycles. The molecule has 0 radical (unpaired) electrons. The highest BCUT2D eigenvalue weighted by molar-refractivity contribution is 5.72. The first kappa shape index (κ1) is 22.4. The molecule has 0 amide bonds. The Bertz CT molecular complexity index is 681. The maximum atomic E-state index is 12.3. The quantitative estimate of drug-likeness (QED) is 0.366. The summed E-state index contributed by atoms with van der Waals surface area (Å²) in [5.74, 6) is 0.0340. The van der Waals surface area contributed by atoms with E-state index >= 15 is 0 Å². The van der Waals surface area contributed by atoms with E-state index in [2.05, 4.69) is 6.92 Å². The second-order valence-corrected chi connectivity index (χ2v) is 10.2. The Hall–Kier alpha value is -0.810. The van der Waals surface area contributed by atoms with Gasteiger partial charge in [-0.05, 0) is 43.4 Å². The first-order chi connectivity index (χ1) is 14.0. The van der Waals surface area contributed by atoms with Gasteiger partial charge in [-0.3, -0.25) is 4.79 Å². The first-order valence-corrected chi connectivity index (χ1v) is 10.8. The van der Waals surface area contributed by atoms with Crippen molar-refractivity contribution in [3.05, 3.63) is 0 Å². The van der Waals surface area contributed by atoms with E-state index in [9.17, 15) is 30.3 Å². The minimum atomic E-state index is -1.53. The number of carbonyl (C=O) groups is 1. The number of fused-ring (bicyclic) bond motifs is 1. The summed E-state index contributed by atoms with van der Waals surface area (Å²) in [6.07, 6.45) is -4.77. The molecule has 0 aromatic rings. The van der Waals surface area contributed by atoms with Crippen molar-refractivity contribution in [2.75, 3.05) is 13.2 Å². The van der Waals surface area contributed by atoms with Gasteiger partial charge in [0, 0.05) is 5.41 Å². The smallest absolute Gasteiger partial charge is 0.306 e. The lowest BCUT2D eigenvalue weighted by atomic mass is 9.47. The zero-order valence-electron chi connectivity index (χ0n) is 17.7. The second kappa shape index (κ2) is 7.37. The van der Waals surface area contributed by atoms with Crippen LogP contribution in [-0.4, -0.2) is 87.1 Å². The predicted octanol–water partition coefficient (Wildman–Crippen LogP) is -0.688. The van der Waals surface area contributed by atoms with Crippen molar-refractivity contribution in [2.45, 2.75) is 88.9 Å². The molecule has 30 heavy (non-hydrogen) atoms. The van der Waals surface area contributed by atoms with Gasteiger partial charge in [0.05, 0.1) is 19.6 Å². The zero-order valence-corrected chi connectivity index (χ0v) is 17.7. The topological polar surface area (TPSA) is 146 Å². The monoisotopic (exact) mass is 430 g/mol. The third kappa shape index (κ3) is 2.97. The first-order valence-electron chi connectivity index (χ1n) is 10.8. The van der Waals surface area contributed by atoms with Crippen LogP contribution in [0.25, 0.3) is 0 Å². The number of ether oxygens (including phenoxy) is 3. The van der Waals surface area contributed by atoms with Crippen LogP contribution in [0.1, 0.15) is 46.5 Å². The maximum Gasteiger partial charge on any atom is 0.306 e. The highest BCUT2D eigenvalue weighted by Gasteiger charge is 2.70. The number of carbonyl (C=O) groups excluding carboxylic acids is 1. The lowest BCUT2D eigenvalue weighted by Gasteiger charge is -2.63. The van der Waals surface area contributed by atoms with E-state index < -0.39 is 54.4 Å². The van der Waals surface area contributed by atoms with Gasteiger partial charge in [0.25, 0.3) is 0 Å². The summed E-state index contributed by atoms with van der Waals surface area (Å²) in [5, 5.41) is 51.3. The minimum Gasteiger partial charge on any atom is -0.459 e. The van der Waals surface area contributed by atoms with Gasteiger partial charge in [0.15, 0.2) is 6.29 Å². The van der Waals surface area contributed by atoms with Crippen molar-refractivity contribution >= 4 is 5.97 Å². The summed E-state index contributed by atoms with van der Waals surface area (Å²) in [7, 11) is 0. The summed E-state index contributed by atoms with van der Waals surface area (Å²) in [5.41, 5.74) is -2.44. The molecular weight excluding hydrogens is 396 g/mol. The second-order valence-electron chi connectivity index (χ2n) is 10.2. The standard InChI is InChI=1S/C21H34O9/c1-10-4-5-12-19(2,20(3,27)13-6-21(10,12)7-14(23)30-13)9-28-18-17(26)16(25)15(24)11(8-22)29-18/h10-13,15-18,22,24-27H,4-9H2,1-3H3. The average molecular weight is 430 g/mol. The molecular formula is C21H34O9. The van der Waals surface area contributed by atoms with Crippen LogP contribution >= 0.6 is 0 Å². The molecule has 5 N–H and O–H groups in total. The molecule has 0 aromatic heterocycles. The molecule has 9 heteroatoms. The van der Waals surface area contributed by atoms with Gasteiger partial charge in [-0.2, -0.15) is 0 Å². The molecule has 0 aromatic carbocycles. The third-order valence-corrected chi connectivity index (χ3v) is 8.82. The molecule has 2 saturated heterocycles. The molecule has 11 unspecified atom stereocenters. The third-order valence-electron chi connectivity index (χ3n) is 8.82. The summed E-state index contributed by atoms with van der Waals surface area (Å²) in [6, 6.07) is 0. The molecule has 4 fully saturated rings. The number of hydrogen-bond acceptors (Lipinski definition) is 9. The van der Waals surface area contributed by atoms with Crippen LogP contribution in [0.15, 0.2) is 0 Å². The Morgan fingerprint density at radius 2 is 1.83 bits per heavy atom. The van der Waals surface area contributed by atoms with Crippen LogP contribution < -0.4 is 0 Å². The van der Waals surface area contributed by atoms with Crippen LogP contribution in [0.5, 0.6) is 0 Å². The van der Waals surface area contributed by atoms with Crippen molar-refractivity contribution in [1.29, 1.82) is 0 Å². The fourth-order valence-electron chi connectivity index (χ4n) is 6.60. The molecule has 2 bridgehead atoms. The van der Waals surface area contributed by atoms with Crippen molar-refractivity contribution < 1.29 is 44.5 Å². The summed E-state index contributed by atoms with van der Waals surface area (Å²) >= 11 is 0. The van der Waals surface area contributed by atoms with E-state index in [-0.39, 0.29) is 23.9 Å². The van der Waals surface area contributed by atoms with Crippen molar-refractivity contribution in [3.63, 3.8) is 0 Å². The van der Waals surface area contributed by atoms with Gasteiger partial charge < -0.3 is 39.7 Å².